The maximum absolute atomic E-state index is 12.1. The Balaban J connectivity index is 2.17. The summed E-state index contributed by atoms with van der Waals surface area (Å²) in [5, 5.41) is 0. The third-order valence-electron chi connectivity index (χ3n) is 2.87. The lowest BCUT2D eigenvalue weighted by Crippen LogP contribution is -2.41. The highest BCUT2D eigenvalue weighted by atomic mass is 16.5. The van der Waals surface area contributed by atoms with E-state index in [2.05, 4.69) is 4.98 Å². The zero-order valence-electron chi connectivity index (χ0n) is 9.63. The fraction of sp³-hybridized carbons (Fsp3) is 0.417. The molecule has 0 bridgehead atoms. The van der Waals surface area contributed by atoms with Crippen molar-refractivity contribution in [3.05, 3.63) is 30.1 Å². The predicted octanol–water partition coefficient (Wildman–Crippen LogP) is 0.859. The predicted molar refractivity (Wildman–Crippen MR) is 60.3 cm³/mol. The van der Waals surface area contributed by atoms with Gasteiger partial charge in [0, 0.05) is 12.7 Å². The van der Waals surface area contributed by atoms with Gasteiger partial charge < -0.3 is 9.64 Å². The van der Waals surface area contributed by atoms with Gasteiger partial charge in [-0.15, -0.1) is 0 Å². The molecule has 1 aliphatic heterocycles. The number of carbonyl (C=O) groups is 2. The third kappa shape index (κ3) is 2.27. The Morgan fingerprint density at radius 2 is 2.29 bits per heavy atom. The number of pyridine rings is 1. The van der Waals surface area contributed by atoms with Crippen LogP contribution < -0.4 is 0 Å². The van der Waals surface area contributed by atoms with E-state index in [9.17, 15) is 9.59 Å². The van der Waals surface area contributed by atoms with Crippen LogP contribution in [0, 0.1) is 0 Å². The van der Waals surface area contributed by atoms with E-state index in [1.807, 2.05) is 0 Å². The second-order valence-electron chi connectivity index (χ2n) is 3.89. The molecule has 2 rings (SSSR count). The Morgan fingerprint density at radius 1 is 1.47 bits per heavy atom. The molecule has 0 saturated carbocycles. The van der Waals surface area contributed by atoms with Gasteiger partial charge in [0.05, 0.1) is 7.11 Å². The first kappa shape index (κ1) is 11.6. The van der Waals surface area contributed by atoms with Crippen LogP contribution in [0.5, 0.6) is 0 Å². The highest BCUT2D eigenvalue weighted by Crippen LogP contribution is 2.20. The largest absolute Gasteiger partial charge is 0.467 e. The first-order valence-corrected chi connectivity index (χ1v) is 5.54. The molecule has 0 spiro atoms. The highest BCUT2D eigenvalue weighted by molar-refractivity contribution is 5.95. The molecule has 0 aromatic carbocycles. The van der Waals surface area contributed by atoms with Gasteiger partial charge in [0.15, 0.2) is 0 Å². The number of hydrogen-bond acceptors (Lipinski definition) is 4. The van der Waals surface area contributed by atoms with Crippen molar-refractivity contribution in [1.29, 1.82) is 0 Å². The van der Waals surface area contributed by atoms with Crippen LogP contribution in [0.4, 0.5) is 0 Å². The van der Waals surface area contributed by atoms with Crippen molar-refractivity contribution in [2.75, 3.05) is 13.7 Å². The fourth-order valence-corrected chi connectivity index (χ4v) is 2.03. The summed E-state index contributed by atoms with van der Waals surface area (Å²) in [5.41, 5.74) is 0.364. The van der Waals surface area contributed by atoms with Crippen molar-refractivity contribution < 1.29 is 14.3 Å². The van der Waals surface area contributed by atoms with Crippen molar-refractivity contribution in [2.45, 2.75) is 18.9 Å². The van der Waals surface area contributed by atoms with Gasteiger partial charge in [0.1, 0.15) is 11.7 Å². The minimum atomic E-state index is -0.463. The summed E-state index contributed by atoms with van der Waals surface area (Å²) in [6, 6.07) is 4.69. The van der Waals surface area contributed by atoms with Gasteiger partial charge >= 0.3 is 5.97 Å². The molecule has 1 amide bonds. The minimum Gasteiger partial charge on any atom is -0.467 e. The number of hydrogen-bond donors (Lipinski definition) is 0. The third-order valence-corrected chi connectivity index (χ3v) is 2.87. The highest BCUT2D eigenvalue weighted by Gasteiger charge is 2.35. The second-order valence-corrected chi connectivity index (χ2v) is 3.89. The Hall–Kier alpha value is -1.91. The molecule has 0 radical (unpaired) electrons. The van der Waals surface area contributed by atoms with Crippen molar-refractivity contribution in [1.82, 2.24) is 9.88 Å². The molecule has 1 aromatic heterocycles. The number of carbonyl (C=O) groups excluding carboxylic acids is 2. The van der Waals surface area contributed by atoms with Crippen molar-refractivity contribution in [3.8, 4) is 0 Å². The summed E-state index contributed by atoms with van der Waals surface area (Å²) in [6.07, 6.45) is 3.04. The van der Waals surface area contributed by atoms with E-state index in [1.165, 1.54) is 12.0 Å². The Kier molecular flexibility index (Phi) is 3.37. The van der Waals surface area contributed by atoms with E-state index < -0.39 is 6.04 Å². The van der Waals surface area contributed by atoms with Crippen LogP contribution in [0.1, 0.15) is 23.3 Å². The zero-order valence-corrected chi connectivity index (χ0v) is 9.63. The average Bonchev–Trinajstić information content (AvgIpc) is 2.87. The molecule has 0 unspecified atom stereocenters. The summed E-state index contributed by atoms with van der Waals surface area (Å²) in [6.45, 7) is 0.579. The molecule has 5 heteroatoms. The molecule has 5 nitrogen and oxygen atoms in total. The monoisotopic (exact) mass is 234 g/mol. The van der Waals surface area contributed by atoms with Gasteiger partial charge in [0.25, 0.3) is 5.91 Å². The molecule has 17 heavy (non-hydrogen) atoms. The topological polar surface area (TPSA) is 59.5 Å². The number of aromatic nitrogens is 1. The van der Waals surface area contributed by atoms with Crippen LogP contribution in [0.25, 0.3) is 0 Å². The molecule has 2 heterocycles. The van der Waals surface area contributed by atoms with Gasteiger partial charge in [0.2, 0.25) is 0 Å². The Labute approximate surface area is 99.4 Å². The summed E-state index contributed by atoms with van der Waals surface area (Å²) >= 11 is 0. The first-order valence-electron chi connectivity index (χ1n) is 5.54. The maximum Gasteiger partial charge on any atom is 0.328 e. The van der Waals surface area contributed by atoms with E-state index in [0.29, 0.717) is 18.7 Å². The van der Waals surface area contributed by atoms with E-state index in [1.54, 1.807) is 24.4 Å². The standard InChI is InChI=1S/C12H14N2O3/c1-17-12(16)10-6-4-8-14(10)11(15)9-5-2-3-7-13-9/h2-3,5,7,10H,4,6,8H2,1H3/t10-/m0/s1. The van der Waals surface area contributed by atoms with Crippen LogP contribution in [-0.2, 0) is 9.53 Å². The summed E-state index contributed by atoms with van der Waals surface area (Å²) < 4.78 is 4.70. The fourth-order valence-electron chi connectivity index (χ4n) is 2.03. The van der Waals surface area contributed by atoms with E-state index in [0.717, 1.165) is 6.42 Å². The van der Waals surface area contributed by atoms with Gasteiger partial charge in [-0.05, 0) is 25.0 Å². The van der Waals surface area contributed by atoms with Gasteiger partial charge in [-0.2, -0.15) is 0 Å². The summed E-state index contributed by atoms with van der Waals surface area (Å²) in [4.78, 5) is 29.2. The molecule has 1 saturated heterocycles. The number of likely N-dealkylation sites (tertiary alicyclic amines) is 1. The zero-order chi connectivity index (χ0) is 12.3. The smallest absolute Gasteiger partial charge is 0.328 e. The molecule has 0 aliphatic carbocycles. The summed E-state index contributed by atoms with van der Waals surface area (Å²) in [7, 11) is 1.34. The average molecular weight is 234 g/mol. The van der Waals surface area contributed by atoms with Gasteiger partial charge in [-0.25, -0.2) is 4.79 Å². The molecule has 1 aromatic rings. The second kappa shape index (κ2) is 4.95. The van der Waals surface area contributed by atoms with E-state index >= 15 is 0 Å². The van der Waals surface area contributed by atoms with Crippen molar-refractivity contribution in [2.24, 2.45) is 0 Å². The van der Waals surface area contributed by atoms with Crippen LogP contribution >= 0.6 is 0 Å². The first-order chi connectivity index (χ1) is 8.24. The molecule has 90 valence electrons. The molecule has 1 fully saturated rings. The molecular weight excluding hydrogens is 220 g/mol. The van der Waals surface area contributed by atoms with Crippen LogP contribution in [0.3, 0.4) is 0 Å². The number of ether oxygens (including phenoxy) is 1. The Morgan fingerprint density at radius 3 is 2.94 bits per heavy atom. The number of amides is 1. The normalized spacial score (nSPS) is 19.1. The van der Waals surface area contributed by atoms with E-state index in [-0.39, 0.29) is 11.9 Å². The molecular formula is C12H14N2O3. The van der Waals surface area contributed by atoms with Crippen LogP contribution in [-0.4, -0.2) is 41.5 Å². The lowest BCUT2D eigenvalue weighted by atomic mass is 10.2. The van der Waals surface area contributed by atoms with Crippen LogP contribution in [0.2, 0.25) is 0 Å². The summed E-state index contributed by atoms with van der Waals surface area (Å²) in [5.74, 6) is -0.565. The Bertz CT molecular complexity index is 419. The van der Waals surface area contributed by atoms with Crippen molar-refractivity contribution in [3.63, 3.8) is 0 Å². The molecule has 0 N–H and O–H groups in total. The van der Waals surface area contributed by atoms with Gasteiger partial charge in [-0.3, -0.25) is 9.78 Å². The quantitative estimate of drug-likeness (QED) is 0.712. The number of nitrogens with zero attached hydrogens (tertiary/aromatic N) is 2. The minimum absolute atomic E-state index is 0.210. The number of methoxy groups -OCH3 is 1. The van der Waals surface area contributed by atoms with Crippen LogP contribution in [0.15, 0.2) is 24.4 Å². The number of rotatable bonds is 2. The number of esters is 1. The van der Waals surface area contributed by atoms with E-state index in [4.69, 9.17) is 4.74 Å². The lowest BCUT2D eigenvalue weighted by Gasteiger charge is -2.22. The van der Waals surface area contributed by atoms with Gasteiger partial charge in [-0.1, -0.05) is 6.07 Å². The molecule has 1 aliphatic rings. The SMILES string of the molecule is COC(=O)[C@@H]1CCCN1C(=O)c1ccccn1. The lowest BCUT2D eigenvalue weighted by molar-refractivity contribution is -0.145. The molecule has 1 atom stereocenters. The maximum atomic E-state index is 12.1. The van der Waals surface area contributed by atoms with Crippen molar-refractivity contribution >= 4 is 11.9 Å².